The molecular weight excluding hydrogens is 358 g/mol. The number of carbonyl (C=O) groups excluding carboxylic acids is 1. The second-order valence-corrected chi connectivity index (χ2v) is 7.21. The summed E-state index contributed by atoms with van der Waals surface area (Å²) in [6, 6.07) is 4.47. The molecule has 23 heavy (non-hydrogen) atoms. The largest absolute Gasteiger partial charge is 0.351 e. The molecule has 2 aromatic rings. The van der Waals surface area contributed by atoms with Gasteiger partial charge in [0.15, 0.2) is 0 Å². The van der Waals surface area contributed by atoms with Gasteiger partial charge >= 0.3 is 0 Å². The maximum atomic E-state index is 13.5. The number of carbonyl (C=O) groups is 1. The number of nitrogens with zero attached hydrogens (tertiary/aromatic N) is 1. The van der Waals surface area contributed by atoms with Crippen LogP contribution in [0.25, 0.3) is 0 Å². The lowest BCUT2D eigenvalue weighted by atomic mass is 10.1. The normalized spacial score (nSPS) is 14.6. The van der Waals surface area contributed by atoms with E-state index in [1.165, 1.54) is 16.5 Å². The van der Waals surface area contributed by atoms with Gasteiger partial charge in [-0.2, -0.15) is 0 Å². The number of amides is 1. The lowest BCUT2D eigenvalue weighted by Gasteiger charge is -2.26. The Kier molecular flexibility index (Phi) is 5.21. The van der Waals surface area contributed by atoms with Gasteiger partial charge in [0, 0.05) is 31.1 Å². The Morgan fingerprint density at radius 2 is 2.17 bits per heavy atom. The fourth-order valence-electron chi connectivity index (χ4n) is 2.62. The Morgan fingerprint density at radius 1 is 1.35 bits per heavy atom. The lowest BCUT2D eigenvalue weighted by molar-refractivity contribution is 0.0947. The van der Waals surface area contributed by atoms with E-state index in [4.69, 9.17) is 23.2 Å². The van der Waals surface area contributed by atoms with Gasteiger partial charge in [0.2, 0.25) is 0 Å². The topological polar surface area (TPSA) is 32.3 Å². The van der Waals surface area contributed by atoms with Crippen molar-refractivity contribution in [3.8, 4) is 0 Å². The van der Waals surface area contributed by atoms with Crippen molar-refractivity contribution in [1.29, 1.82) is 0 Å². The fourth-order valence-corrected chi connectivity index (χ4v) is 3.98. The Balaban J connectivity index is 1.53. The number of benzene rings is 1. The van der Waals surface area contributed by atoms with E-state index in [0.717, 1.165) is 32.1 Å². The van der Waals surface area contributed by atoms with E-state index in [1.54, 1.807) is 11.3 Å². The molecule has 1 amide bonds. The van der Waals surface area contributed by atoms with Gasteiger partial charge in [-0.1, -0.05) is 23.2 Å². The van der Waals surface area contributed by atoms with E-state index in [9.17, 15) is 9.18 Å². The van der Waals surface area contributed by atoms with Crippen molar-refractivity contribution in [2.75, 3.05) is 19.6 Å². The first-order valence-electron chi connectivity index (χ1n) is 7.25. The van der Waals surface area contributed by atoms with Gasteiger partial charge < -0.3 is 5.32 Å². The Morgan fingerprint density at radius 3 is 3.00 bits per heavy atom. The summed E-state index contributed by atoms with van der Waals surface area (Å²) in [5, 5.41) is 4.95. The molecule has 2 heterocycles. The molecule has 3 nitrogen and oxygen atoms in total. The highest BCUT2D eigenvalue weighted by atomic mass is 35.5. The summed E-state index contributed by atoms with van der Waals surface area (Å²) in [6.45, 7) is 3.12. The molecule has 122 valence electrons. The summed E-state index contributed by atoms with van der Waals surface area (Å²) in [6.07, 6.45) is 1.05. The molecule has 1 N–H and O–H groups in total. The van der Waals surface area contributed by atoms with E-state index in [2.05, 4.69) is 21.7 Å². The zero-order valence-electron chi connectivity index (χ0n) is 12.2. The Hall–Kier alpha value is -1.14. The molecule has 0 fully saturated rings. The second-order valence-electron chi connectivity index (χ2n) is 5.40. The maximum absolute atomic E-state index is 13.5. The lowest BCUT2D eigenvalue weighted by Crippen LogP contribution is -2.37. The van der Waals surface area contributed by atoms with E-state index >= 15 is 0 Å². The molecule has 1 aliphatic rings. The summed E-state index contributed by atoms with van der Waals surface area (Å²) >= 11 is 13.4. The third-order valence-electron chi connectivity index (χ3n) is 3.85. The summed E-state index contributed by atoms with van der Waals surface area (Å²) in [5.41, 5.74) is 1.47. The first-order valence-corrected chi connectivity index (χ1v) is 8.88. The highest BCUT2D eigenvalue weighted by Gasteiger charge is 2.18. The van der Waals surface area contributed by atoms with Crippen LogP contribution in [0.5, 0.6) is 0 Å². The number of fused-ring (bicyclic) bond motifs is 1. The van der Waals surface area contributed by atoms with Crippen LogP contribution in [0.15, 0.2) is 23.6 Å². The van der Waals surface area contributed by atoms with E-state index in [-0.39, 0.29) is 15.6 Å². The quantitative estimate of drug-likeness (QED) is 0.823. The zero-order chi connectivity index (χ0) is 16.4. The highest BCUT2D eigenvalue weighted by molar-refractivity contribution is 7.10. The van der Waals surface area contributed by atoms with Gasteiger partial charge in [-0.25, -0.2) is 4.39 Å². The average Bonchev–Trinajstić information content (AvgIpc) is 2.98. The minimum absolute atomic E-state index is 0.0913. The summed E-state index contributed by atoms with van der Waals surface area (Å²) in [7, 11) is 0. The van der Waals surface area contributed by atoms with Crippen molar-refractivity contribution < 1.29 is 9.18 Å². The molecule has 7 heteroatoms. The van der Waals surface area contributed by atoms with Crippen molar-refractivity contribution in [2.24, 2.45) is 0 Å². The number of hydrogen-bond donors (Lipinski definition) is 1. The summed E-state index contributed by atoms with van der Waals surface area (Å²) in [5.74, 6) is -1.04. The number of rotatable bonds is 4. The van der Waals surface area contributed by atoms with E-state index in [0.29, 0.717) is 6.54 Å². The maximum Gasteiger partial charge on any atom is 0.252 e. The highest BCUT2D eigenvalue weighted by Crippen LogP contribution is 2.25. The molecule has 1 aromatic heterocycles. The minimum atomic E-state index is -0.651. The molecule has 1 aliphatic heterocycles. The third-order valence-corrected chi connectivity index (χ3v) is 5.48. The van der Waals surface area contributed by atoms with Crippen molar-refractivity contribution in [2.45, 2.75) is 13.0 Å². The molecule has 0 bridgehead atoms. The van der Waals surface area contributed by atoms with Gasteiger partial charge in [-0.3, -0.25) is 9.69 Å². The number of nitrogens with one attached hydrogen (secondary N) is 1. The van der Waals surface area contributed by atoms with Crippen LogP contribution in [-0.2, 0) is 13.0 Å². The standard InChI is InChI=1S/C16H15Cl2FN2OS/c17-12-8-13(18)14(19)7-11(12)16(22)20-3-5-21-4-1-15-10(9-21)2-6-23-15/h2,6-8H,1,3-5,9H2,(H,20,22). The fraction of sp³-hybridized carbons (Fsp3) is 0.312. The predicted molar refractivity (Wildman–Crippen MR) is 92.1 cm³/mol. The molecule has 1 aromatic carbocycles. The Labute approximate surface area is 148 Å². The number of hydrogen-bond acceptors (Lipinski definition) is 3. The van der Waals surface area contributed by atoms with Crippen LogP contribution in [0.4, 0.5) is 4.39 Å². The third kappa shape index (κ3) is 3.86. The molecular formula is C16H15Cl2FN2OS. The van der Waals surface area contributed by atoms with Crippen molar-refractivity contribution >= 4 is 40.4 Å². The van der Waals surface area contributed by atoms with Crippen LogP contribution < -0.4 is 5.32 Å². The Bertz CT molecular complexity index is 735. The van der Waals surface area contributed by atoms with E-state index in [1.807, 2.05) is 0 Å². The molecule has 0 atom stereocenters. The average molecular weight is 373 g/mol. The van der Waals surface area contributed by atoms with Crippen LogP contribution in [0.3, 0.4) is 0 Å². The molecule has 0 saturated carbocycles. The van der Waals surface area contributed by atoms with Gasteiger partial charge in [0.1, 0.15) is 5.82 Å². The molecule has 3 rings (SSSR count). The molecule has 0 unspecified atom stereocenters. The monoisotopic (exact) mass is 372 g/mol. The van der Waals surface area contributed by atoms with Crippen molar-refractivity contribution in [1.82, 2.24) is 10.2 Å². The van der Waals surface area contributed by atoms with Gasteiger partial charge in [0.25, 0.3) is 5.91 Å². The van der Waals surface area contributed by atoms with Gasteiger partial charge in [-0.05, 0) is 35.6 Å². The van der Waals surface area contributed by atoms with Crippen molar-refractivity contribution in [3.05, 3.63) is 55.4 Å². The summed E-state index contributed by atoms with van der Waals surface area (Å²) in [4.78, 5) is 15.8. The smallest absolute Gasteiger partial charge is 0.252 e. The SMILES string of the molecule is O=C(NCCN1CCc2sccc2C1)c1cc(F)c(Cl)cc1Cl. The predicted octanol–water partition coefficient (Wildman–Crippen LogP) is 3.98. The van der Waals surface area contributed by atoms with Crippen LogP contribution >= 0.6 is 34.5 Å². The number of thiophene rings is 1. The van der Waals surface area contributed by atoms with Crippen LogP contribution in [0, 0.1) is 5.82 Å². The first kappa shape index (κ1) is 16.7. The van der Waals surface area contributed by atoms with E-state index < -0.39 is 11.7 Å². The van der Waals surface area contributed by atoms with Gasteiger partial charge in [-0.15, -0.1) is 11.3 Å². The zero-order valence-corrected chi connectivity index (χ0v) is 14.6. The van der Waals surface area contributed by atoms with Crippen LogP contribution in [-0.4, -0.2) is 30.4 Å². The molecule has 0 radical (unpaired) electrons. The number of halogens is 3. The molecule has 0 saturated heterocycles. The first-order chi connectivity index (χ1) is 11.0. The second kappa shape index (κ2) is 7.18. The minimum Gasteiger partial charge on any atom is -0.351 e. The van der Waals surface area contributed by atoms with Crippen LogP contribution in [0.1, 0.15) is 20.8 Å². The van der Waals surface area contributed by atoms with Crippen molar-refractivity contribution in [3.63, 3.8) is 0 Å². The van der Waals surface area contributed by atoms with Gasteiger partial charge in [0.05, 0.1) is 15.6 Å². The molecule has 0 aliphatic carbocycles. The summed E-state index contributed by atoms with van der Waals surface area (Å²) < 4.78 is 13.5. The molecule has 0 spiro atoms. The van der Waals surface area contributed by atoms with Crippen LogP contribution in [0.2, 0.25) is 10.0 Å².